The summed E-state index contributed by atoms with van der Waals surface area (Å²) in [5.41, 5.74) is -6.52. The van der Waals surface area contributed by atoms with E-state index in [4.69, 9.17) is 23.7 Å². The fourth-order valence-electron chi connectivity index (χ4n) is 10.6. The molecule has 1 aliphatic heterocycles. The summed E-state index contributed by atoms with van der Waals surface area (Å²) >= 11 is 1.20. The summed E-state index contributed by atoms with van der Waals surface area (Å²) in [6, 6.07) is 23.1. The van der Waals surface area contributed by atoms with Gasteiger partial charge in [0.05, 0.1) is 34.6 Å². The number of Topliss-reactive ketones (excluding diaryl/α,β-unsaturated/α-hetero) is 1. The molecule has 0 spiro atoms. The van der Waals surface area contributed by atoms with Crippen LogP contribution in [0.25, 0.3) is 0 Å². The Morgan fingerprint density at radius 1 is 0.879 bits per heavy atom. The minimum Gasteiger partial charge on any atom is -0.456 e. The standard InChI is InChI=1S/C49H55NO14S2/c1-27-33(62-45(57)38(53)37(30-17-11-8-12-18-30)50-43(55)31-19-13-9-14-20-31)24-49(58)42(63-44(56)32-21-15-10-16-22-32)40-47(6,41(54)39(61-28(2)51)36(27)46(49,4)5)35(65-26-66(7)59)23-34-48(40,25-60-34)64-29(3)52/h8-22,33-35,37-40,42,53,58H,23-26H2,1-7H3,(H,50,55)/t33?,34?,35?,37?,38?,39?,40?,42?,47-,48?,49?,66?/m1/s1. The highest BCUT2D eigenvalue weighted by Crippen LogP contribution is 2.66. The number of hydrogen-bond acceptors (Lipinski definition) is 15. The highest BCUT2D eigenvalue weighted by atomic mass is 32.2. The third-order valence-electron chi connectivity index (χ3n) is 13.9. The number of aliphatic hydroxyl groups excluding tert-OH is 1. The molecule has 3 aromatic rings. The van der Waals surface area contributed by atoms with Crippen LogP contribution in [-0.2, 0) is 53.7 Å². The maximum Gasteiger partial charge on any atom is 0.338 e. The Bertz CT molecular complexity index is 2430. The summed E-state index contributed by atoms with van der Waals surface area (Å²) in [6.07, 6.45) is -6.83. The van der Waals surface area contributed by atoms with E-state index >= 15 is 4.79 Å². The lowest BCUT2D eigenvalue weighted by molar-refractivity contribution is -0.331. The van der Waals surface area contributed by atoms with Crippen LogP contribution in [0, 0.1) is 16.7 Å². The van der Waals surface area contributed by atoms with Gasteiger partial charge < -0.3 is 39.2 Å². The number of fused-ring (bicyclic) bond motifs is 5. The summed E-state index contributed by atoms with van der Waals surface area (Å²) in [5, 5.41) is 27.8. The monoisotopic (exact) mass is 945 g/mol. The number of thioether (sulfide) groups is 1. The maximum atomic E-state index is 16.0. The van der Waals surface area contributed by atoms with Gasteiger partial charge in [0, 0.05) is 53.6 Å². The Morgan fingerprint density at radius 2 is 1.47 bits per heavy atom. The van der Waals surface area contributed by atoms with Crippen LogP contribution in [0.15, 0.2) is 102 Å². The molecule has 3 aliphatic carbocycles. The second-order valence-corrected chi connectivity index (χ2v) is 21.2. The lowest BCUT2D eigenvalue weighted by Gasteiger charge is -2.68. The molecule has 3 aromatic carbocycles. The lowest BCUT2D eigenvalue weighted by Crippen LogP contribution is -2.81. The summed E-state index contributed by atoms with van der Waals surface area (Å²) in [7, 11) is -1.37. The smallest absolute Gasteiger partial charge is 0.338 e. The van der Waals surface area contributed by atoms with E-state index in [0.29, 0.717) is 5.56 Å². The van der Waals surface area contributed by atoms with Crippen molar-refractivity contribution in [1.29, 1.82) is 0 Å². The van der Waals surface area contributed by atoms with Crippen molar-refractivity contribution in [2.45, 2.75) is 107 Å². The molecule has 3 fully saturated rings. The Hall–Kier alpha value is -5.20. The fourth-order valence-corrected chi connectivity index (χ4v) is 12.9. The van der Waals surface area contributed by atoms with E-state index in [-0.39, 0.29) is 40.4 Å². The van der Waals surface area contributed by atoms with E-state index < -0.39 is 123 Å². The van der Waals surface area contributed by atoms with Gasteiger partial charge in [-0.2, -0.15) is 0 Å². The number of hydrogen-bond donors (Lipinski definition) is 3. The van der Waals surface area contributed by atoms with Crippen LogP contribution < -0.4 is 5.32 Å². The first-order valence-corrected chi connectivity index (χ1v) is 24.4. The summed E-state index contributed by atoms with van der Waals surface area (Å²) < 4.78 is 43.8. The van der Waals surface area contributed by atoms with E-state index in [1.807, 2.05) is 0 Å². The minimum absolute atomic E-state index is 0.0532. The van der Waals surface area contributed by atoms with Crippen molar-refractivity contribution in [3.05, 3.63) is 119 Å². The lowest BCUT2D eigenvalue weighted by atomic mass is 9.45. The molecule has 1 heterocycles. The molecule has 12 atom stereocenters. The molecule has 1 saturated heterocycles. The molecule has 17 heteroatoms. The van der Waals surface area contributed by atoms with Gasteiger partial charge in [0.25, 0.3) is 5.91 Å². The Labute approximate surface area is 389 Å². The first kappa shape index (κ1) is 48.7. The predicted molar refractivity (Wildman–Crippen MR) is 242 cm³/mol. The number of rotatable bonds is 13. The molecular weight excluding hydrogens is 891 g/mol. The van der Waals surface area contributed by atoms with Crippen molar-refractivity contribution in [3.63, 3.8) is 0 Å². The van der Waals surface area contributed by atoms with Crippen LogP contribution in [0.1, 0.15) is 86.7 Å². The minimum atomic E-state index is -2.36. The third-order valence-corrected chi connectivity index (χ3v) is 16.8. The molecule has 2 saturated carbocycles. The SMILES string of the molecule is CC(=O)OC1C(=O)[C@]2(C)C(SCS(C)=O)CC3OCC3(OC(C)=O)C2C(OC(=O)c2ccccc2)C2(O)CC(OC(=O)C(O)C(NC(=O)c3ccccc3)c3ccccc3)C(C)=C1C2(C)C. The number of benzene rings is 3. The number of ketones is 1. The zero-order valence-electron chi connectivity index (χ0n) is 37.7. The van der Waals surface area contributed by atoms with Gasteiger partial charge in [-0.05, 0) is 54.3 Å². The van der Waals surface area contributed by atoms with Gasteiger partial charge in [-0.3, -0.25) is 23.4 Å². The van der Waals surface area contributed by atoms with Gasteiger partial charge in [-0.1, -0.05) is 87.5 Å². The highest BCUT2D eigenvalue weighted by Gasteiger charge is 2.78. The van der Waals surface area contributed by atoms with E-state index in [9.17, 15) is 38.4 Å². The summed E-state index contributed by atoms with van der Waals surface area (Å²) in [6.45, 7) is 8.41. The van der Waals surface area contributed by atoms with E-state index in [1.165, 1.54) is 37.1 Å². The molecule has 2 bridgehead atoms. The molecule has 7 rings (SSSR count). The molecule has 15 nitrogen and oxygen atoms in total. The van der Waals surface area contributed by atoms with Gasteiger partial charge in [-0.15, -0.1) is 11.8 Å². The van der Waals surface area contributed by atoms with E-state index in [0.717, 1.165) is 6.92 Å². The van der Waals surface area contributed by atoms with Gasteiger partial charge >= 0.3 is 23.9 Å². The largest absolute Gasteiger partial charge is 0.456 e. The predicted octanol–water partition coefficient (Wildman–Crippen LogP) is 4.81. The molecule has 1 amide bonds. The third kappa shape index (κ3) is 8.64. The van der Waals surface area contributed by atoms with Crippen LogP contribution in [0.4, 0.5) is 0 Å². The first-order chi connectivity index (χ1) is 31.2. The van der Waals surface area contributed by atoms with Crippen LogP contribution in [-0.4, -0.2) is 115 Å². The van der Waals surface area contributed by atoms with Crippen molar-refractivity contribution in [1.82, 2.24) is 5.32 Å². The average molecular weight is 946 g/mol. The molecular formula is C49H55NO14S2. The average Bonchev–Trinajstić information content (AvgIpc) is 3.27. The van der Waals surface area contributed by atoms with Gasteiger partial charge in [0.2, 0.25) is 0 Å². The van der Waals surface area contributed by atoms with Crippen LogP contribution >= 0.6 is 11.8 Å². The Kier molecular flexibility index (Phi) is 13.9. The van der Waals surface area contributed by atoms with Gasteiger partial charge in [-0.25, -0.2) is 9.59 Å². The van der Waals surface area contributed by atoms with Crippen molar-refractivity contribution in [2.75, 3.05) is 17.9 Å². The number of ether oxygens (including phenoxy) is 5. The second-order valence-electron chi connectivity index (χ2n) is 18.2. The normalized spacial score (nSPS) is 31.1. The number of aliphatic hydroxyl groups is 2. The van der Waals surface area contributed by atoms with E-state index in [1.54, 1.807) is 107 Å². The van der Waals surface area contributed by atoms with Crippen LogP contribution in [0.3, 0.4) is 0 Å². The topological polar surface area (TPSA) is 218 Å². The number of amides is 1. The maximum absolute atomic E-state index is 16.0. The summed E-state index contributed by atoms with van der Waals surface area (Å²) in [5.74, 6) is -6.42. The molecule has 11 unspecified atom stereocenters. The second kappa shape index (κ2) is 18.8. The van der Waals surface area contributed by atoms with Crippen molar-refractivity contribution < 1.29 is 66.9 Å². The fraction of sp³-hybridized carbons (Fsp3) is 0.469. The van der Waals surface area contributed by atoms with Crippen molar-refractivity contribution in [3.8, 4) is 0 Å². The first-order valence-electron chi connectivity index (χ1n) is 21.6. The van der Waals surface area contributed by atoms with Crippen molar-refractivity contribution in [2.24, 2.45) is 16.7 Å². The quantitative estimate of drug-likeness (QED) is 0.119. The number of esters is 4. The molecule has 0 aromatic heterocycles. The number of carbonyl (C=O) groups is 6. The number of carbonyl (C=O) groups excluding carboxylic acids is 6. The van der Waals surface area contributed by atoms with Gasteiger partial charge in [0.15, 0.2) is 23.6 Å². The molecule has 352 valence electrons. The molecule has 4 aliphatic rings. The molecule has 66 heavy (non-hydrogen) atoms. The van der Waals surface area contributed by atoms with E-state index in [2.05, 4.69) is 5.32 Å². The Morgan fingerprint density at radius 3 is 2.02 bits per heavy atom. The Balaban J connectivity index is 1.42. The van der Waals surface area contributed by atoms with Gasteiger partial charge in [0.1, 0.15) is 23.9 Å². The highest BCUT2D eigenvalue weighted by molar-refractivity contribution is 8.10. The number of nitrogens with one attached hydrogen (secondary N) is 1. The van der Waals surface area contributed by atoms with Crippen LogP contribution in [0.2, 0.25) is 0 Å². The zero-order valence-corrected chi connectivity index (χ0v) is 39.4. The van der Waals surface area contributed by atoms with Crippen LogP contribution in [0.5, 0.6) is 0 Å². The van der Waals surface area contributed by atoms with Crippen molar-refractivity contribution >= 4 is 58.1 Å². The summed E-state index contributed by atoms with van der Waals surface area (Å²) in [4.78, 5) is 84.9. The molecule has 0 radical (unpaired) electrons. The zero-order chi connectivity index (χ0) is 47.9. The molecule has 3 N–H and O–H groups in total.